The molecule has 1 nitrogen and oxygen atoms in total. The van der Waals surface area contributed by atoms with Crippen LogP contribution in [0.25, 0.3) is 0 Å². The Balaban J connectivity index is 2.03. The highest BCUT2D eigenvalue weighted by Crippen LogP contribution is 2.03. The molecule has 1 aliphatic rings. The lowest BCUT2D eigenvalue weighted by molar-refractivity contribution is 0.203. The van der Waals surface area contributed by atoms with Gasteiger partial charge in [0.2, 0.25) is 0 Å². The summed E-state index contributed by atoms with van der Waals surface area (Å²) in [5.74, 6) is 0. The first kappa shape index (κ1) is 4.85. The molecule has 0 bridgehead atoms. The van der Waals surface area contributed by atoms with Gasteiger partial charge < -0.3 is 0 Å². The Kier molecular flexibility index (Phi) is 1.47. The highest BCUT2D eigenvalue weighted by molar-refractivity contribution is 4.77. The minimum Gasteiger partial charge on any atom is -0.300 e. The number of rotatable bonds is 2. The Labute approximate surface area is 44.6 Å². The van der Waals surface area contributed by atoms with Crippen molar-refractivity contribution in [2.24, 2.45) is 0 Å². The lowest BCUT2D eigenvalue weighted by Crippen LogP contribution is -2.36. The minimum atomic E-state index is 1.08. The third kappa shape index (κ3) is 1.03. The van der Waals surface area contributed by atoms with E-state index in [-0.39, 0.29) is 0 Å². The summed E-state index contributed by atoms with van der Waals surface area (Å²) in [5, 5.41) is 0. The molecule has 0 aromatic heterocycles. The monoisotopic (exact) mass is 99.1 g/mol. The molecule has 1 heterocycles. The Morgan fingerprint density at radius 1 is 1.86 bits per heavy atom. The van der Waals surface area contributed by atoms with E-state index in [4.69, 9.17) is 0 Å². The Morgan fingerprint density at radius 2 is 2.57 bits per heavy atom. The summed E-state index contributed by atoms with van der Waals surface area (Å²) in [6, 6.07) is 0. The summed E-state index contributed by atoms with van der Waals surface area (Å²) in [6.07, 6.45) is 3.34. The maximum atomic E-state index is 3.64. The van der Waals surface area contributed by atoms with Gasteiger partial charge in [0.25, 0.3) is 0 Å². The average molecular weight is 99.2 g/mol. The molecule has 1 saturated heterocycles. The molecule has 40 valence electrons. The molecule has 0 aliphatic carbocycles. The summed E-state index contributed by atoms with van der Waals surface area (Å²) >= 11 is 0. The van der Waals surface area contributed by atoms with Crippen molar-refractivity contribution in [2.45, 2.75) is 6.42 Å². The van der Waals surface area contributed by atoms with Crippen LogP contribution in [-0.4, -0.2) is 24.5 Å². The molecule has 1 rings (SSSR count). The number of hydrogen-bond acceptors (Lipinski definition) is 1. The molecule has 1 heteroatoms. The van der Waals surface area contributed by atoms with E-state index in [1.54, 1.807) is 0 Å². The van der Waals surface area contributed by atoms with E-state index >= 15 is 0 Å². The average Bonchev–Trinajstić information content (AvgIpc) is 1.55. The number of nitrogens with zero attached hydrogens (tertiary/aromatic N) is 1. The Bertz CT molecular complexity index is 64.6. The van der Waals surface area contributed by atoms with Gasteiger partial charge in [-0.25, -0.2) is 0 Å². The van der Waals surface area contributed by atoms with Gasteiger partial charge in [-0.2, -0.15) is 0 Å². The molecule has 0 spiro atoms. The van der Waals surface area contributed by atoms with Crippen LogP contribution in [0, 0.1) is 0 Å². The summed E-state index contributed by atoms with van der Waals surface area (Å²) in [4.78, 5) is 2.37. The van der Waals surface area contributed by atoms with Gasteiger partial charge in [0.1, 0.15) is 0 Å². The number of likely N-dealkylation sites (tertiary alicyclic amines) is 1. The zero-order chi connectivity index (χ0) is 5.11. The summed E-state index contributed by atoms with van der Waals surface area (Å²) in [5.41, 5.74) is 0. The number of hydrogen-bond donors (Lipinski definition) is 0. The summed E-state index contributed by atoms with van der Waals surface area (Å²) < 4.78 is 0. The minimum absolute atomic E-state index is 1.08. The van der Waals surface area contributed by atoms with Crippen molar-refractivity contribution in [3.8, 4) is 0 Å². The van der Waals surface area contributed by atoms with Crippen molar-refractivity contribution in [1.82, 2.24) is 4.90 Å². The smallest absolute Gasteiger partial charge is 0.0160 e. The first-order chi connectivity index (χ1) is 3.43. The van der Waals surface area contributed by atoms with Crippen LogP contribution in [0.4, 0.5) is 0 Å². The van der Waals surface area contributed by atoms with Crippen LogP contribution in [0.5, 0.6) is 0 Å². The van der Waals surface area contributed by atoms with Crippen molar-refractivity contribution in [3.63, 3.8) is 0 Å². The van der Waals surface area contributed by atoms with Gasteiger partial charge in [-0.1, -0.05) is 6.08 Å². The van der Waals surface area contributed by atoms with Gasteiger partial charge in [-0.15, -0.1) is 6.58 Å². The molecular formula is C6H11N. The standard InChI is InChI=1S/C6H11N/c1-2-4-7-5-3-6-7/h2H,1,3-6H2/i5+2. The Hall–Kier alpha value is -0.300. The summed E-state index contributed by atoms with van der Waals surface area (Å²) in [7, 11) is 0. The third-order valence-corrected chi connectivity index (χ3v) is 1.34. The fourth-order valence-electron chi connectivity index (χ4n) is 0.747. The van der Waals surface area contributed by atoms with Crippen molar-refractivity contribution in [1.29, 1.82) is 0 Å². The van der Waals surface area contributed by atoms with Gasteiger partial charge in [0.05, 0.1) is 0 Å². The highest BCUT2D eigenvalue weighted by atomic mass is 15.6. The molecule has 1 fully saturated rings. The molecule has 0 radical (unpaired) electrons. The maximum Gasteiger partial charge on any atom is 0.0160 e. The molecule has 0 amide bonds. The molecule has 0 aromatic rings. The van der Waals surface area contributed by atoms with Crippen molar-refractivity contribution in [3.05, 3.63) is 12.7 Å². The van der Waals surface area contributed by atoms with E-state index < -0.39 is 0 Å². The predicted molar refractivity (Wildman–Crippen MR) is 31.3 cm³/mol. The molecule has 0 unspecified atom stereocenters. The second-order valence-corrected chi connectivity index (χ2v) is 1.94. The quantitative estimate of drug-likeness (QED) is 0.464. The van der Waals surface area contributed by atoms with Crippen molar-refractivity contribution < 1.29 is 0 Å². The molecular weight excluding hydrogens is 88.1 g/mol. The molecule has 0 N–H and O–H groups in total. The zero-order valence-corrected chi connectivity index (χ0v) is 4.56. The predicted octanol–water partition coefficient (Wildman–Crippen LogP) is 0.878. The van der Waals surface area contributed by atoms with E-state index in [1.807, 2.05) is 6.08 Å². The summed E-state index contributed by atoms with van der Waals surface area (Å²) in [6.45, 7) is 7.29. The van der Waals surface area contributed by atoms with Gasteiger partial charge >= 0.3 is 0 Å². The fourth-order valence-corrected chi connectivity index (χ4v) is 0.747. The lowest BCUT2D eigenvalue weighted by atomic mass is 10.4. The van der Waals surface area contributed by atoms with Gasteiger partial charge in [0, 0.05) is 6.54 Å². The molecule has 0 aromatic carbocycles. The van der Waals surface area contributed by atoms with E-state index in [0.717, 1.165) is 6.54 Å². The molecule has 1 aliphatic heterocycles. The van der Waals surface area contributed by atoms with Gasteiger partial charge in [-0.05, 0) is 19.5 Å². The van der Waals surface area contributed by atoms with Crippen LogP contribution in [0.15, 0.2) is 12.7 Å². The topological polar surface area (TPSA) is 3.24 Å². The third-order valence-electron chi connectivity index (χ3n) is 1.34. The van der Waals surface area contributed by atoms with E-state index in [2.05, 4.69) is 11.5 Å². The van der Waals surface area contributed by atoms with Crippen LogP contribution >= 0.6 is 0 Å². The van der Waals surface area contributed by atoms with E-state index in [1.165, 1.54) is 19.5 Å². The first-order valence-electron chi connectivity index (χ1n) is 2.77. The van der Waals surface area contributed by atoms with Gasteiger partial charge in [0.15, 0.2) is 0 Å². The second-order valence-electron chi connectivity index (χ2n) is 1.94. The fraction of sp³-hybridized carbons (Fsp3) is 0.667. The van der Waals surface area contributed by atoms with E-state index in [0.29, 0.717) is 0 Å². The molecule has 7 heavy (non-hydrogen) atoms. The van der Waals surface area contributed by atoms with Crippen LogP contribution < -0.4 is 0 Å². The molecule has 0 atom stereocenters. The second kappa shape index (κ2) is 2.12. The van der Waals surface area contributed by atoms with E-state index in [9.17, 15) is 0 Å². The highest BCUT2D eigenvalue weighted by Gasteiger charge is 2.09. The maximum absolute atomic E-state index is 3.64. The molecule has 0 saturated carbocycles. The van der Waals surface area contributed by atoms with Crippen LogP contribution in [-0.2, 0) is 0 Å². The van der Waals surface area contributed by atoms with Crippen LogP contribution in [0.3, 0.4) is 0 Å². The first-order valence-corrected chi connectivity index (χ1v) is 2.77. The Morgan fingerprint density at radius 3 is 2.71 bits per heavy atom. The van der Waals surface area contributed by atoms with Crippen LogP contribution in [0.1, 0.15) is 6.42 Å². The lowest BCUT2D eigenvalue weighted by Gasteiger charge is -2.28. The van der Waals surface area contributed by atoms with Crippen LogP contribution in [0.2, 0.25) is 0 Å². The normalized spacial score (nSPS) is 21.1. The largest absolute Gasteiger partial charge is 0.300 e. The van der Waals surface area contributed by atoms with Crippen molar-refractivity contribution in [2.75, 3.05) is 19.6 Å². The van der Waals surface area contributed by atoms with Gasteiger partial charge in [-0.3, -0.25) is 4.90 Å². The SMILES string of the molecule is C=CCN1CC[14CH2]1. The zero-order valence-electron chi connectivity index (χ0n) is 4.56. The van der Waals surface area contributed by atoms with Crippen molar-refractivity contribution >= 4 is 0 Å².